The number of carbonyl (C=O) groups excluding carboxylic acids is 1. The van der Waals surface area contributed by atoms with Crippen LogP contribution in [-0.4, -0.2) is 17.0 Å². The normalized spacial score (nSPS) is 10.7. The molecule has 0 spiro atoms. The van der Waals surface area contributed by atoms with Gasteiger partial charge in [-0.2, -0.15) is 0 Å². The maximum Gasteiger partial charge on any atom is 0.263 e. The molecule has 2 aromatic carbocycles. The van der Waals surface area contributed by atoms with Gasteiger partial charge < -0.3 is 9.88 Å². The molecule has 0 saturated heterocycles. The third kappa shape index (κ3) is 5.41. The molecule has 1 N–H and O–H groups in total. The second-order valence-corrected chi connectivity index (χ2v) is 6.99. The Morgan fingerprint density at radius 2 is 1.76 bits per heavy atom. The van der Waals surface area contributed by atoms with Crippen molar-refractivity contribution < 1.29 is 9.18 Å². The fraction of sp³-hybridized carbons (Fsp3) is 0.250. The van der Waals surface area contributed by atoms with E-state index in [0.717, 1.165) is 24.0 Å². The molecule has 0 fully saturated rings. The summed E-state index contributed by atoms with van der Waals surface area (Å²) in [5.74, 6) is -0.716. The van der Waals surface area contributed by atoms with Crippen molar-refractivity contribution >= 4 is 5.91 Å². The number of aromatic nitrogens is 1. The van der Waals surface area contributed by atoms with E-state index in [1.165, 1.54) is 12.1 Å². The van der Waals surface area contributed by atoms with Crippen LogP contribution < -0.4 is 10.9 Å². The van der Waals surface area contributed by atoms with Gasteiger partial charge in [-0.1, -0.05) is 55.8 Å². The monoisotopic (exact) mass is 392 g/mol. The van der Waals surface area contributed by atoms with Gasteiger partial charge in [0.05, 0.1) is 0 Å². The topological polar surface area (TPSA) is 51.1 Å². The Bertz CT molecular complexity index is 1010. The zero-order chi connectivity index (χ0) is 20.6. The third-order valence-corrected chi connectivity index (χ3v) is 4.80. The molecule has 1 heterocycles. The van der Waals surface area contributed by atoms with E-state index >= 15 is 0 Å². The predicted molar refractivity (Wildman–Crippen MR) is 113 cm³/mol. The second-order valence-electron chi connectivity index (χ2n) is 6.99. The number of benzene rings is 2. The summed E-state index contributed by atoms with van der Waals surface area (Å²) >= 11 is 0. The van der Waals surface area contributed by atoms with Crippen molar-refractivity contribution in [2.24, 2.45) is 0 Å². The van der Waals surface area contributed by atoms with Crippen LogP contribution in [0.15, 0.2) is 71.7 Å². The number of nitrogens with zero attached hydrogens (tertiary/aromatic N) is 1. The molecule has 1 amide bonds. The lowest BCUT2D eigenvalue weighted by atomic mass is 10.0. The number of hydrogen-bond donors (Lipinski definition) is 1. The van der Waals surface area contributed by atoms with Crippen molar-refractivity contribution in [3.05, 3.63) is 94.2 Å². The fourth-order valence-corrected chi connectivity index (χ4v) is 3.15. The highest BCUT2D eigenvalue weighted by atomic mass is 19.1. The summed E-state index contributed by atoms with van der Waals surface area (Å²) in [4.78, 5) is 25.6. The number of unbranched alkanes of at least 4 members (excludes halogenated alkanes) is 1. The van der Waals surface area contributed by atoms with Gasteiger partial charge in [-0.25, -0.2) is 4.39 Å². The molecule has 4 nitrogen and oxygen atoms in total. The van der Waals surface area contributed by atoms with Gasteiger partial charge >= 0.3 is 0 Å². The Labute approximate surface area is 170 Å². The van der Waals surface area contributed by atoms with E-state index in [0.29, 0.717) is 25.1 Å². The fourth-order valence-electron chi connectivity index (χ4n) is 3.15. The minimum absolute atomic E-state index is 0.107. The first-order chi connectivity index (χ1) is 14.1. The molecule has 0 aliphatic rings. The van der Waals surface area contributed by atoms with E-state index in [9.17, 15) is 14.0 Å². The number of pyridine rings is 1. The van der Waals surface area contributed by atoms with Gasteiger partial charge in [-0.3, -0.25) is 9.59 Å². The average Bonchev–Trinajstić information content (AvgIpc) is 2.74. The van der Waals surface area contributed by atoms with Crippen LogP contribution in [0.4, 0.5) is 4.39 Å². The highest BCUT2D eigenvalue weighted by Crippen LogP contribution is 2.20. The number of amides is 1. The largest absolute Gasteiger partial charge is 0.352 e. The van der Waals surface area contributed by atoms with E-state index in [1.54, 1.807) is 29.0 Å². The number of hydrogen-bond acceptors (Lipinski definition) is 2. The van der Waals surface area contributed by atoms with E-state index in [2.05, 4.69) is 5.32 Å². The first-order valence-corrected chi connectivity index (χ1v) is 9.91. The predicted octanol–water partition coefficient (Wildman–Crippen LogP) is 4.43. The zero-order valence-corrected chi connectivity index (χ0v) is 16.5. The number of carbonyl (C=O) groups is 1. The molecular formula is C24H25FN2O2. The van der Waals surface area contributed by atoms with Crippen LogP contribution in [0.25, 0.3) is 11.1 Å². The van der Waals surface area contributed by atoms with Crippen LogP contribution in [0.3, 0.4) is 0 Å². The quantitative estimate of drug-likeness (QED) is 0.617. The second kappa shape index (κ2) is 9.82. The Morgan fingerprint density at radius 3 is 2.45 bits per heavy atom. The van der Waals surface area contributed by atoms with Crippen molar-refractivity contribution in [1.29, 1.82) is 0 Å². The van der Waals surface area contributed by atoms with Crippen LogP contribution in [0.5, 0.6) is 0 Å². The minimum Gasteiger partial charge on any atom is -0.352 e. The average molecular weight is 392 g/mol. The molecule has 150 valence electrons. The summed E-state index contributed by atoms with van der Waals surface area (Å²) < 4.78 is 14.9. The van der Waals surface area contributed by atoms with Gasteiger partial charge in [0.1, 0.15) is 11.4 Å². The van der Waals surface area contributed by atoms with E-state index in [4.69, 9.17) is 0 Å². The Balaban J connectivity index is 1.85. The maximum atomic E-state index is 13.3. The van der Waals surface area contributed by atoms with Crippen LogP contribution in [0.1, 0.15) is 35.7 Å². The van der Waals surface area contributed by atoms with Gasteiger partial charge in [0.2, 0.25) is 0 Å². The molecule has 1 aromatic heterocycles. The molecule has 0 bridgehead atoms. The highest BCUT2D eigenvalue weighted by molar-refractivity contribution is 5.95. The molecule has 3 aromatic rings. The molecule has 0 aliphatic carbocycles. The molecule has 0 radical (unpaired) electrons. The standard InChI is InChI=1S/C24H25FN2O2/c1-2-3-15-27-17-20(19-9-11-21(25)12-10-19)16-22(24(27)29)23(28)26-14-13-18-7-5-4-6-8-18/h4-12,16-17H,2-3,13-15H2,1H3,(H,26,28). The lowest BCUT2D eigenvalue weighted by molar-refractivity contribution is 0.0952. The highest BCUT2D eigenvalue weighted by Gasteiger charge is 2.15. The summed E-state index contributed by atoms with van der Waals surface area (Å²) in [6.07, 6.45) is 4.20. The zero-order valence-electron chi connectivity index (χ0n) is 16.5. The molecule has 0 saturated carbocycles. The van der Waals surface area contributed by atoms with Crippen molar-refractivity contribution in [3.8, 4) is 11.1 Å². The Morgan fingerprint density at radius 1 is 1.03 bits per heavy atom. The first kappa shape index (κ1) is 20.5. The lowest BCUT2D eigenvalue weighted by Gasteiger charge is -2.12. The van der Waals surface area contributed by atoms with Crippen molar-refractivity contribution in [2.45, 2.75) is 32.7 Å². The molecule has 0 aliphatic heterocycles. The van der Waals surface area contributed by atoms with Crippen LogP contribution in [0, 0.1) is 5.82 Å². The van der Waals surface area contributed by atoms with Crippen LogP contribution >= 0.6 is 0 Å². The van der Waals surface area contributed by atoms with Crippen molar-refractivity contribution in [1.82, 2.24) is 9.88 Å². The van der Waals surface area contributed by atoms with Crippen LogP contribution in [0.2, 0.25) is 0 Å². The number of nitrogens with one attached hydrogen (secondary N) is 1. The van der Waals surface area contributed by atoms with E-state index in [1.807, 2.05) is 37.3 Å². The molecule has 0 atom stereocenters. The number of halogens is 1. The smallest absolute Gasteiger partial charge is 0.263 e. The third-order valence-electron chi connectivity index (χ3n) is 4.80. The molecule has 0 unspecified atom stereocenters. The van der Waals surface area contributed by atoms with E-state index < -0.39 is 0 Å². The number of rotatable bonds is 8. The lowest BCUT2D eigenvalue weighted by Crippen LogP contribution is -2.34. The van der Waals surface area contributed by atoms with E-state index in [-0.39, 0.29) is 22.8 Å². The van der Waals surface area contributed by atoms with Gasteiger partial charge in [0.15, 0.2) is 0 Å². The van der Waals surface area contributed by atoms with Gasteiger partial charge in [0.25, 0.3) is 11.5 Å². The molecular weight excluding hydrogens is 367 g/mol. The van der Waals surface area contributed by atoms with Gasteiger partial charge in [0, 0.05) is 19.3 Å². The first-order valence-electron chi connectivity index (χ1n) is 9.91. The maximum absolute atomic E-state index is 13.3. The SMILES string of the molecule is CCCCn1cc(-c2ccc(F)cc2)cc(C(=O)NCCc2ccccc2)c1=O. The molecule has 29 heavy (non-hydrogen) atoms. The summed E-state index contributed by atoms with van der Waals surface area (Å²) in [5, 5.41) is 2.85. The van der Waals surface area contributed by atoms with Gasteiger partial charge in [-0.15, -0.1) is 0 Å². The number of aryl methyl sites for hydroxylation is 1. The Kier molecular flexibility index (Phi) is 6.95. The molecule has 3 rings (SSSR count). The molecule has 5 heteroatoms. The van der Waals surface area contributed by atoms with Crippen LogP contribution in [-0.2, 0) is 13.0 Å². The van der Waals surface area contributed by atoms with Gasteiger partial charge in [-0.05, 0) is 47.7 Å². The summed E-state index contributed by atoms with van der Waals surface area (Å²) in [5.41, 5.74) is 2.40. The summed E-state index contributed by atoms with van der Waals surface area (Å²) in [6.45, 7) is 3.03. The minimum atomic E-state index is -0.389. The Hall–Kier alpha value is -3.21. The summed E-state index contributed by atoms with van der Waals surface area (Å²) in [7, 11) is 0. The van der Waals surface area contributed by atoms with Crippen molar-refractivity contribution in [3.63, 3.8) is 0 Å². The van der Waals surface area contributed by atoms with Crippen molar-refractivity contribution in [2.75, 3.05) is 6.54 Å². The summed E-state index contributed by atoms with van der Waals surface area (Å²) in [6, 6.07) is 17.5.